The molecule has 0 bridgehead atoms. The lowest BCUT2D eigenvalue weighted by molar-refractivity contribution is -0.133. The molecule has 2 aromatic carbocycles. The third-order valence-corrected chi connectivity index (χ3v) is 5.13. The number of carbonyl (C=O) groups excluding carboxylic acids is 1. The summed E-state index contributed by atoms with van der Waals surface area (Å²) in [5.41, 5.74) is 1.40. The molecule has 1 atom stereocenters. The molecule has 1 aromatic heterocycles. The van der Waals surface area contributed by atoms with E-state index in [1.807, 2.05) is 30.3 Å². The van der Waals surface area contributed by atoms with Gasteiger partial charge in [0.15, 0.2) is 5.82 Å². The number of anilines is 1. The normalized spacial score (nSPS) is 15.5. The van der Waals surface area contributed by atoms with E-state index in [0.717, 1.165) is 16.7 Å². The molecule has 7 nitrogen and oxygen atoms in total. The fraction of sp³-hybridized carbons (Fsp3) is 0.318. The lowest BCUT2D eigenvalue weighted by atomic mass is 10.1. The van der Waals surface area contributed by atoms with Gasteiger partial charge in [0, 0.05) is 31.6 Å². The number of aliphatic hydroxyl groups is 1. The van der Waals surface area contributed by atoms with Gasteiger partial charge >= 0.3 is 0 Å². The van der Waals surface area contributed by atoms with Crippen molar-refractivity contribution in [1.82, 2.24) is 14.9 Å². The van der Waals surface area contributed by atoms with Crippen LogP contribution < -0.4 is 4.90 Å². The summed E-state index contributed by atoms with van der Waals surface area (Å²) in [6.07, 6.45) is -0.485. The molecule has 0 saturated carbocycles. The summed E-state index contributed by atoms with van der Waals surface area (Å²) in [4.78, 5) is 25.6. The van der Waals surface area contributed by atoms with Crippen LogP contribution in [-0.4, -0.2) is 63.3 Å². The molecule has 0 unspecified atom stereocenters. The van der Waals surface area contributed by atoms with Crippen molar-refractivity contribution in [3.8, 4) is 17.1 Å². The molecule has 0 spiro atoms. The number of rotatable bonds is 4. The first-order chi connectivity index (χ1) is 14.0. The van der Waals surface area contributed by atoms with E-state index in [9.17, 15) is 15.0 Å². The molecule has 0 radical (unpaired) electrons. The quantitative estimate of drug-likeness (QED) is 0.709. The van der Waals surface area contributed by atoms with Crippen molar-refractivity contribution < 1.29 is 15.0 Å². The van der Waals surface area contributed by atoms with Gasteiger partial charge in [-0.3, -0.25) is 4.79 Å². The minimum atomic E-state index is -0.632. The van der Waals surface area contributed by atoms with Crippen LogP contribution >= 0.6 is 0 Å². The lowest BCUT2D eigenvalue weighted by Crippen LogP contribution is -2.49. The largest absolute Gasteiger partial charge is 0.507 e. The van der Waals surface area contributed by atoms with Gasteiger partial charge in [0.2, 0.25) is 5.91 Å². The van der Waals surface area contributed by atoms with Crippen molar-refractivity contribution in [2.24, 2.45) is 0 Å². The second-order valence-electron chi connectivity index (χ2n) is 7.33. The molecule has 1 amide bonds. The third kappa shape index (κ3) is 4.00. The minimum Gasteiger partial charge on any atom is -0.507 e. The Labute approximate surface area is 169 Å². The number of aromatic hydroxyl groups is 1. The lowest BCUT2D eigenvalue weighted by Gasteiger charge is -2.36. The number of hydrogen-bond donors (Lipinski definition) is 2. The van der Waals surface area contributed by atoms with Crippen molar-refractivity contribution in [2.75, 3.05) is 31.1 Å². The fourth-order valence-corrected chi connectivity index (χ4v) is 3.63. The number of nitrogens with zero attached hydrogens (tertiary/aromatic N) is 4. The number of fused-ring (bicyclic) bond motifs is 1. The molecule has 7 heteroatoms. The molecule has 4 rings (SSSR count). The average molecular weight is 392 g/mol. The summed E-state index contributed by atoms with van der Waals surface area (Å²) in [5.74, 6) is 1.39. The van der Waals surface area contributed by atoms with Gasteiger partial charge in [0.05, 0.1) is 23.6 Å². The summed E-state index contributed by atoms with van der Waals surface area (Å²) in [7, 11) is 0. The zero-order chi connectivity index (χ0) is 20.4. The molecule has 2 N–H and O–H groups in total. The van der Waals surface area contributed by atoms with Crippen molar-refractivity contribution in [3.05, 3.63) is 48.5 Å². The van der Waals surface area contributed by atoms with Crippen molar-refractivity contribution in [3.63, 3.8) is 0 Å². The first-order valence-corrected chi connectivity index (χ1v) is 9.79. The maximum absolute atomic E-state index is 12.2. The Morgan fingerprint density at radius 3 is 2.45 bits per heavy atom. The van der Waals surface area contributed by atoms with Crippen LogP contribution in [0.5, 0.6) is 5.75 Å². The summed E-state index contributed by atoms with van der Waals surface area (Å²) in [6.45, 7) is 4.08. The molecule has 2 heterocycles. The highest BCUT2D eigenvalue weighted by atomic mass is 16.3. The Morgan fingerprint density at radius 1 is 1.03 bits per heavy atom. The van der Waals surface area contributed by atoms with Crippen molar-refractivity contribution in [2.45, 2.75) is 19.4 Å². The number of aliphatic hydroxyl groups excluding tert-OH is 1. The van der Waals surface area contributed by atoms with E-state index < -0.39 is 6.10 Å². The summed E-state index contributed by atoms with van der Waals surface area (Å²) in [6, 6.07) is 14.9. The number of hydrogen-bond acceptors (Lipinski definition) is 6. The average Bonchev–Trinajstić information content (AvgIpc) is 2.73. The number of amides is 1. The second-order valence-corrected chi connectivity index (χ2v) is 7.33. The zero-order valence-electron chi connectivity index (χ0n) is 16.3. The van der Waals surface area contributed by atoms with Crippen LogP contribution in [0.4, 0.5) is 5.82 Å². The van der Waals surface area contributed by atoms with Gasteiger partial charge in [-0.05, 0) is 31.2 Å². The van der Waals surface area contributed by atoms with Crippen LogP contribution in [0.25, 0.3) is 22.3 Å². The van der Waals surface area contributed by atoms with Gasteiger partial charge in [0.1, 0.15) is 11.6 Å². The van der Waals surface area contributed by atoms with Crippen LogP contribution in [0, 0.1) is 0 Å². The number of benzene rings is 2. The summed E-state index contributed by atoms with van der Waals surface area (Å²) >= 11 is 0. The highest BCUT2D eigenvalue weighted by molar-refractivity contribution is 5.91. The maximum atomic E-state index is 12.2. The van der Waals surface area contributed by atoms with Gasteiger partial charge in [-0.25, -0.2) is 9.97 Å². The predicted octanol–water partition coefficient (Wildman–Crippen LogP) is 2.42. The molecule has 0 aliphatic carbocycles. The van der Waals surface area contributed by atoms with Gasteiger partial charge < -0.3 is 20.0 Å². The van der Waals surface area contributed by atoms with Crippen LogP contribution in [-0.2, 0) is 4.79 Å². The highest BCUT2D eigenvalue weighted by Gasteiger charge is 2.24. The van der Waals surface area contributed by atoms with Crippen LogP contribution in [0.3, 0.4) is 0 Å². The van der Waals surface area contributed by atoms with Crippen molar-refractivity contribution >= 4 is 22.6 Å². The van der Waals surface area contributed by atoms with Gasteiger partial charge in [0.25, 0.3) is 0 Å². The van der Waals surface area contributed by atoms with Crippen molar-refractivity contribution in [1.29, 1.82) is 0 Å². The van der Waals surface area contributed by atoms with Crippen LogP contribution in [0.1, 0.15) is 13.3 Å². The van der Waals surface area contributed by atoms with E-state index in [4.69, 9.17) is 4.98 Å². The number of para-hydroxylation sites is 2. The molecular weight excluding hydrogens is 368 g/mol. The Bertz CT molecular complexity index is 1030. The third-order valence-electron chi connectivity index (χ3n) is 5.13. The molecule has 3 aromatic rings. The second kappa shape index (κ2) is 8.05. The zero-order valence-corrected chi connectivity index (χ0v) is 16.3. The van der Waals surface area contributed by atoms with Gasteiger partial charge in [-0.1, -0.05) is 24.3 Å². The maximum Gasteiger partial charge on any atom is 0.225 e. The number of phenolic OH excluding ortho intramolecular Hbond substituents is 1. The summed E-state index contributed by atoms with van der Waals surface area (Å²) < 4.78 is 0. The summed E-state index contributed by atoms with van der Waals surface area (Å²) in [5, 5.41) is 20.7. The molecular formula is C22H24N4O3. The van der Waals surface area contributed by atoms with Gasteiger partial charge in [-0.2, -0.15) is 0 Å². The van der Waals surface area contributed by atoms with Crippen LogP contribution in [0.2, 0.25) is 0 Å². The number of phenols is 1. The van der Waals surface area contributed by atoms with E-state index in [1.54, 1.807) is 30.0 Å². The monoisotopic (exact) mass is 392 g/mol. The Morgan fingerprint density at radius 2 is 1.72 bits per heavy atom. The smallest absolute Gasteiger partial charge is 0.225 e. The Balaban J connectivity index is 1.65. The Hall–Kier alpha value is -3.19. The molecule has 1 aliphatic rings. The first-order valence-electron chi connectivity index (χ1n) is 9.79. The topological polar surface area (TPSA) is 89.8 Å². The molecule has 1 saturated heterocycles. The molecule has 1 aliphatic heterocycles. The van der Waals surface area contributed by atoms with E-state index in [0.29, 0.717) is 37.6 Å². The highest BCUT2D eigenvalue weighted by Crippen LogP contribution is 2.31. The Kier molecular flexibility index (Phi) is 5.31. The number of carbonyl (C=O) groups is 1. The van der Waals surface area contributed by atoms with E-state index >= 15 is 0 Å². The molecule has 150 valence electrons. The SMILES string of the molecule is C[C@@H](O)CC(=O)N1CCN(c2nc(-c3ccccc3O)nc3ccccc23)CC1. The van der Waals surface area contributed by atoms with Crippen LogP contribution in [0.15, 0.2) is 48.5 Å². The minimum absolute atomic E-state index is 0.0258. The number of piperazine rings is 1. The fourth-order valence-electron chi connectivity index (χ4n) is 3.63. The number of aromatic nitrogens is 2. The molecule has 1 fully saturated rings. The van der Waals surface area contributed by atoms with E-state index in [2.05, 4.69) is 9.88 Å². The standard InChI is InChI=1S/C22H24N4O3/c1-15(27)14-20(29)25-10-12-26(13-11-25)22-16-6-2-4-8-18(16)23-21(24-22)17-7-3-5-9-19(17)28/h2-9,15,27-28H,10-14H2,1H3/t15-/m1/s1. The first kappa shape index (κ1) is 19.1. The van der Waals surface area contributed by atoms with E-state index in [1.165, 1.54) is 0 Å². The predicted molar refractivity (Wildman–Crippen MR) is 112 cm³/mol. The van der Waals surface area contributed by atoms with E-state index in [-0.39, 0.29) is 18.1 Å². The van der Waals surface area contributed by atoms with Gasteiger partial charge in [-0.15, -0.1) is 0 Å². The molecule has 29 heavy (non-hydrogen) atoms.